The van der Waals surface area contributed by atoms with E-state index >= 15 is 0 Å². The van der Waals surface area contributed by atoms with Crippen LogP contribution in [0.4, 0.5) is 0 Å². The third-order valence-corrected chi connectivity index (χ3v) is 5.62. The van der Waals surface area contributed by atoms with Crippen LogP contribution in [-0.2, 0) is 9.53 Å². The van der Waals surface area contributed by atoms with Crippen molar-refractivity contribution in [3.8, 4) is 5.69 Å². The SMILES string of the molecule is Cc1c(C(=O)N2CCCC(C(=O)N3CCOCC3)C2)cnn1-c1ccccc1. The molecule has 0 spiro atoms. The van der Waals surface area contributed by atoms with E-state index in [1.807, 2.05) is 47.1 Å². The first kappa shape index (κ1) is 18.7. The molecule has 2 aromatic rings. The maximum atomic E-state index is 13.1. The number of aromatic nitrogens is 2. The molecule has 2 aliphatic heterocycles. The molecular formula is C21H26N4O3. The standard InChI is InChI=1S/C21H26N4O3/c1-16-19(14-22-25(16)18-7-3-2-4-8-18)21(27)24-9-5-6-17(15-24)20(26)23-10-12-28-13-11-23/h2-4,7-8,14,17H,5-6,9-13,15H2,1H3. The van der Waals surface area contributed by atoms with Crippen molar-refractivity contribution in [3.05, 3.63) is 47.8 Å². The predicted octanol–water partition coefficient (Wildman–Crippen LogP) is 1.89. The number of rotatable bonds is 3. The van der Waals surface area contributed by atoms with Gasteiger partial charge in [0.15, 0.2) is 0 Å². The highest BCUT2D eigenvalue weighted by Crippen LogP contribution is 2.23. The maximum Gasteiger partial charge on any atom is 0.257 e. The number of benzene rings is 1. The summed E-state index contributed by atoms with van der Waals surface area (Å²) in [6, 6.07) is 9.78. The van der Waals surface area contributed by atoms with Crippen LogP contribution in [0.25, 0.3) is 5.69 Å². The third-order valence-electron chi connectivity index (χ3n) is 5.62. The lowest BCUT2D eigenvalue weighted by Crippen LogP contribution is -2.49. The van der Waals surface area contributed by atoms with Gasteiger partial charge >= 0.3 is 0 Å². The van der Waals surface area contributed by atoms with Crippen molar-refractivity contribution in [2.45, 2.75) is 19.8 Å². The van der Waals surface area contributed by atoms with Gasteiger partial charge in [-0.1, -0.05) is 18.2 Å². The molecule has 28 heavy (non-hydrogen) atoms. The van der Waals surface area contributed by atoms with E-state index in [-0.39, 0.29) is 17.7 Å². The minimum absolute atomic E-state index is 0.0424. The van der Waals surface area contributed by atoms with Crippen molar-refractivity contribution in [1.29, 1.82) is 0 Å². The van der Waals surface area contributed by atoms with Crippen LogP contribution in [0.2, 0.25) is 0 Å². The fraction of sp³-hybridized carbons (Fsp3) is 0.476. The number of carbonyl (C=O) groups is 2. The van der Waals surface area contributed by atoms with Gasteiger partial charge in [0, 0.05) is 26.2 Å². The normalized spacial score (nSPS) is 20.2. The van der Waals surface area contributed by atoms with Gasteiger partial charge in [-0.3, -0.25) is 9.59 Å². The van der Waals surface area contributed by atoms with Crippen molar-refractivity contribution in [3.63, 3.8) is 0 Å². The van der Waals surface area contributed by atoms with E-state index in [1.165, 1.54) is 0 Å². The maximum absolute atomic E-state index is 13.1. The largest absolute Gasteiger partial charge is 0.378 e. The van der Waals surface area contributed by atoms with E-state index in [9.17, 15) is 9.59 Å². The van der Waals surface area contributed by atoms with Crippen LogP contribution in [0.15, 0.2) is 36.5 Å². The minimum Gasteiger partial charge on any atom is -0.378 e. The Morgan fingerprint density at radius 2 is 1.82 bits per heavy atom. The van der Waals surface area contributed by atoms with Crippen molar-refractivity contribution in [2.24, 2.45) is 5.92 Å². The predicted molar refractivity (Wildman–Crippen MR) is 104 cm³/mol. The molecule has 1 unspecified atom stereocenters. The van der Waals surface area contributed by atoms with Crippen LogP contribution in [0.3, 0.4) is 0 Å². The van der Waals surface area contributed by atoms with E-state index in [2.05, 4.69) is 5.10 Å². The Hall–Kier alpha value is -2.67. The zero-order chi connectivity index (χ0) is 19.5. The van der Waals surface area contributed by atoms with E-state index in [0.717, 1.165) is 24.2 Å². The van der Waals surface area contributed by atoms with E-state index in [0.29, 0.717) is 45.0 Å². The van der Waals surface area contributed by atoms with Crippen LogP contribution >= 0.6 is 0 Å². The number of likely N-dealkylation sites (tertiary alicyclic amines) is 1. The molecule has 0 aliphatic carbocycles. The molecule has 7 heteroatoms. The second-order valence-corrected chi connectivity index (χ2v) is 7.42. The molecule has 1 aromatic carbocycles. The van der Waals surface area contributed by atoms with Gasteiger partial charge in [-0.15, -0.1) is 0 Å². The van der Waals surface area contributed by atoms with E-state index in [1.54, 1.807) is 10.9 Å². The molecule has 3 heterocycles. The molecule has 0 saturated carbocycles. The van der Waals surface area contributed by atoms with Crippen molar-refractivity contribution >= 4 is 11.8 Å². The average molecular weight is 382 g/mol. The third kappa shape index (κ3) is 3.67. The molecule has 0 radical (unpaired) electrons. The average Bonchev–Trinajstić information content (AvgIpc) is 3.15. The zero-order valence-electron chi connectivity index (χ0n) is 16.2. The van der Waals surface area contributed by atoms with Gasteiger partial charge in [0.2, 0.25) is 5.91 Å². The van der Waals surface area contributed by atoms with Gasteiger partial charge in [-0.05, 0) is 31.9 Å². The molecule has 2 amide bonds. The number of hydrogen-bond donors (Lipinski definition) is 0. The first-order chi connectivity index (χ1) is 13.6. The number of nitrogens with zero attached hydrogens (tertiary/aromatic N) is 4. The topological polar surface area (TPSA) is 67.7 Å². The highest BCUT2D eigenvalue weighted by molar-refractivity contribution is 5.95. The minimum atomic E-state index is -0.125. The summed E-state index contributed by atoms with van der Waals surface area (Å²) in [4.78, 5) is 29.7. The van der Waals surface area contributed by atoms with Crippen LogP contribution in [-0.4, -0.2) is 70.8 Å². The summed E-state index contributed by atoms with van der Waals surface area (Å²) in [5.41, 5.74) is 2.35. The number of carbonyl (C=O) groups excluding carboxylic acids is 2. The highest BCUT2D eigenvalue weighted by Gasteiger charge is 2.33. The number of ether oxygens (including phenoxy) is 1. The van der Waals surface area contributed by atoms with Gasteiger partial charge in [-0.2, -0.15) is 5.10 Å². The number of amides is 2. The summed E-state index contributed by atoms with van der Waals surface area (Å²) in [5.74, 6) is -0.0167. The first-order valence-electron chi connectivity index (χ1n) is 9.91. The molecule has 4 rings (SSSR count). The van der Waals surface area contributed by atoms with Crippen LogP contribution in [0.5, 0.6) is 0 Å². The second-order valence-electron chi connectivity index (χ2n) is 7.42. The van der Waals surface area contributed by atoms with Gasteiger partial charge in [-0.25, -0.2) is 4.68 Å². The molecule has 0 bridgehead atoms. The zero-order valence-corrected chi connectivity index (χ0v) is 16.2. The summed E-state index contributed by atoms with van der Waals surface area (Å²) in [7, 11) is 0. The summed E-state index contributed by atoms with van der Waals surface area (Å²) < 4.78 is 7.12. The number of piperidine rings is 1. The van der Waals surface area contributed by atoms with E-state index < -0.39 is 0 Å². The van der Waals surface area contributed by atoms with Crippen molar-refractivity contribution in [1.82, 2.24) is 19.6 Å². The lowest BCUT2D eigenvalue weighted by atomic mass is 9.95. The molecule has 2 saturated heterocycles. The Labute approximate surface area is 164 Å². The molecular weight excluding hydrogens is 356 g/mol. The van der Waals surface area contributed by atoms with Gasteiger partial charge in [0.1, 0.15) is 0 Å². The molecule has 1 aromatic heterocycles. The molecule has 1 atom stereocenters. The molecule has 2 fully saturated rings. The lowest BCUT2D eigenvalue weighted by molar-refractivity contribution is -0.141. The Balaban J connectivity index is 1.47. The van der Waals surface area contributed by atoms with Crippen molar-refractivity contribution in [2.75, 3.05) is 39.4 Å². The van der Waals surface area contributed by atoms with Crippen LogP contribution in [0, 0.1) is 12.8 Å². The number of hydrogen-bond acceptors (Lipinski definition) is 4. The lowest BCUT2D eigenvalue weighted by Gasteiger charge is -2.36. The molecule has 7 nitrogen and oxygen atoms in total. The molecule has 148 valence electrons. The summed E-state index contributed by atoms with van der Waals surface area (Å²) in [6.07, 6.45) is 3.32. The van der Waals surface area contributed by atoms with Gasteiger partial charge in [0.25, 0.3) is 5.91 Å². The quantitative estimate of drug-likeness (QED) is 0.813. The summed E-state index contributed by atoms with van der Waals surface area (Å²) >= 11 is 0. The monoisotopic (exact) mass is 382 g/mol. The summed E-state index contributed by atoms with van der Waals surface area (Å²) in [6.45, 7) is 5.55. The highest BCUT2D eigenvalue weighted by atomic mass is 16.5. The Morgan fingerprint density at radius 1 is 1.07 bits per heavy atom. The number of morpholine rings is 1. The molecule has 0 N–H and O–H groups in total. The molecule has 2 aliphatic rings. The fourth-order valence-electron chi connectivity index (χ4n) is 4.02. The smallest absolute Gasteiger partial charge is 0.257 e. The Bertz CT molecular complexity index is 843. The van der Waals surface area contributed by atoms with Gasteiger partial charge < -0.3 is 14.5 Å². The Kier molecular flexibility index (Phi) is 5.43. The number of para-hydroxylation sites is 1. The van der Waals surface area contributed by atoms with E-state index in [4.69, 9.17) is 4.74 Å². The van der Waals surface area contributed by atoms with Gasteiger partial charge in [0.05, 0.1) is 42.3 Å². The van der Waals surface area contributed by atoms with Crippen molar-refractivity contribution < 1.29 is 14.3 Å². The summed E-state index contributed by atoms with van der Waals surface area (Å²) in [5, 5.41) is 4.41. The second kappa shape index (κ2) is 8.14. The van der Waals surface area contributed by atoms with Crippen LogP contribution < -0.4 is 0 Å². The fourth-order valence-corrected chi connectivity index (χ4v) is 4.02. The first-order valence-corrected chi connectivity index (χ1v) is 9.91. The van der Waals surface area contributed by atoms with Crippen LogP contribution in [0.1, 0.15) is 28.9 Å². The Morgan fingerprint density at radius 3 is 2.57 bits per heavy atom.